The van der Waals surface area contributed by atoms with E-state index in [2.05, 4.69) is 11.9 Å². The molecular formula is C19H23NO3S. The van der Waals surface area contributed by atoms with Gasteiger partial charge in [-0.15, -0.1) is 11.3 Å². The Morgan fingerprint density at radius 2 is 2.25 bits per heavy atom. The summed E-state index contributed by atoms with van der Waals surface area (Å²) in [5.41, 5.74) is 1.50. The Morgan fingerprint density at radius 1 is 1.38 bits per heavy atom. The molecular weight excluding hydrogens is 322 g/mol. The van der Waals surface area contributed by atoms with E-state index in [1.165, 1.54) is 12.8 Å². The molecule has 1 aromatic heterocycles. The summed E-state index contributed by atoms with van der Waals surface area (Å²) < 4.78 is 11.4. The minimum Gasteiger partial charge on any atom is -0.496 e. The molecule has 5 heteroatoms. The summed E-state index contributed by atoms with van der Waals surface area (Å²) in [6.45, 7) is 1.77. The number of rotatable bonds is 7. The minimum atomic E-state index is 0.568. The monoisotopic (exact) mass is 345 g/mol. The van der Waals surface area contributed by atoms with E-state index in [1.54, 1.807) is 18.4 Å². The predicted molar refractivity (Wildman–Crippen MR) is 97.5 cm³/mol. The zero-order chi connectivity index (χ0) is 16.9. The van der Waals surface area contributed by atoms with E-state index in [0.29, 0.717) is 24.0 Å². The number of carbonyl (C=O) groups is 1. The highest BCUT2D eigenvalue weighted by Crippen LogP contribution is 2.37. The van der Waals surface area contributed by atoms with Crippen LogP contribution in [0.1, 0.15) is 29.6 Å². The van der Waals surface area contributed by atoms with Gasteiger partial charge in [-0.25, -0.2) is 0 Å². The molecule has 1 atom stereocenters. The molecule has 0 amide bonds. The Kier molecular flexibility index (Phi) is 5.53. The van der Waals surface area contributed by atoms with Gasteiger partial charge in [0.15, 0.2) is 6.29 Å². The highest BCUT2D eigenvalue weighted by atomic mass is 32.1. The highest BCUT2D eigenvalue weighted by Gasteiger charge is 2.21. The number of benzene rings is 1. The zero-order valence-corrected chi connectivity index (χ0v) is 15.0. The fourth-order valence-corrected chi connectivity index (χ4v) is 3.98. The third kappa shape index (κ3) is 3.62. The summed E-state index contributed by atoms with van der Waals surface area (Å²) in [5, 5.41) is 2.01. The van der Waals surface area contributed by atoms with Gasteiger partial charge in [0.25, 0.3) is 0 Å². The van der Waals surface area contributed by atoms with Crippen molar-refractivity contribution in [1.29, 1.82) is 0 Å². The number of ether oxygens (including phenoxy) is 2. The molecule has 2 heterocycles. The Balaban J connectivity index is 1.76. The van der Waals surface area contributed by atoms with E-state index < -0.39 is 0 Å². The van der Waals surface area contributed by atoms with Crippen LogP contribution in [0.4, 0.5) is 0 Å². The van der Waals surface area contributed by atoms with Gasteiger partial charge in [0.2, 0.25) is 0 Å². The quantitative estimate of drug-likeness (QED) is 0.708. The molecule has 1 aromatic carbocycles. The normalized spacial score (nSPS) is 17.8. The lowest BCUT2D eigenvalue weighted by molar-refractivity contribution is 0.111. The van der Waals surface area contributed by atoms with E-state index in [0.717, 1.165) is 35.4 Å². The largest absolute Gasteiger partial charge is 0.496 e. The van der Waals surface area contributed by atoms with E-state index >= 15 is 0 Å². The van der Waals surface area contributed by atoms with E-state index in [4.69, 9.17) is 9.47 Å². The lowest BCUT2D eigenvalue weighted by Gasteiger charge is -2.20. The Hall–Kier alpha value is -1.85. The van der Waals surface area contributed by atoms with Gasteiger partial charge in [0.1, 0.15) is 11.5 Å². The zero-order valence-electron chi connectivity index (χ0n) is 14.2. The molecule has 1 aliphatic rings. The van der Waals surface area contributed by atoms with Crippen molar-refractivity contribution in [3.63, 3.8) is 0 Å². The van der Waals surface area contributed by atoms with Crippen molar-refractivity contribution in [2.45, 2.75) is 25.3 Å². The van der Waals surface area contributed by atoms with Crippen LogP contribution in [0, 0.1) is 0 Å². The van der Waals surface area contributed by atoms with Crippen molar-refractivity contribution >= 4 is 17.6 Å². The third-order valence-corrected chi connectivity index (χ3v) is 5.53. The highest BCUT2D eigenvalue weighted by molar-refractivity contribution is 7.13. The van der Waals surface area contributed by atoms with Crippen LogP contribution >= 0.6 is 11.3 Å². The first-order valence-corrected chi connectivity index (χ1v) is 9.15. The molecule has 0 bridgehead atoms. The fourth-order valence-electron chi connectivity index (χ4n) is 3.24. The number of carbonyl (C=O) groups excluding carboxylic acids is 1. The Morgan fingerprint density at radius 3 is 2.88 bits per heavy atom. The summed E-state index contributed by atoms with van der Waals surface area (Å²) >= 11 is 1.62. The van der Waals surface area contributed by atoms with Crippen molar-refractivity contribution in [1.82, 2.24) is 4.90 Å². The number of hydrogen-bond acceptors (Lipinski definition) is 5. The van der Waals surface area contributed by atoms with E-state index in [-0.39, 0.29) is 0 Å². The standard InChI is InChI=1S/C19H23NO3S/c1-20-8-3-5-15(20)7-9-23-17-12-18(22-2)16(11-14(17)13-21)19-6-4-10-24-19/h4,6,10-13,15H,3,5,7-9H2,1-2H3. The summed E-state index contributed by atoms with van der Waals surface area (Å²) in [6, 6.07) is 8.28. The van der Waals surface area contributed by atoms with Crippen LogP contribution in [0.5, 0.6) is 11.5 Å². The van der Waals surface area contributed by atoms with Gasteiger partial charge >= 0.3 is 0 Å². The Bertz CT molecular complexity index is 684. The third-order valence-electron chi connectivity index (χ3n) is 4.63. The van der Waals surface area contributed by atoms with Crippen molar-refractivity contribution in [3.05, 3.63) is 35.2 Å². The molecule has 1 fully saturated rings. The van der Waals surface area contributed by atoms with Crippen LogP contribution in [0.25, 0.3) is 10.4 Å². The molecule has 0 radical (unpaired) electrons. The topological polar surface area (TPSA) is 38.8 Å². The van der Waals surface area contributed by atoms with Crippen molar-refractivity contribution in [3.8, 4) is 21.9 Å². The second-order valence-electron chi connectivity index (χ2n) is 6.10. The summed E-state index contributed by atoms with van der Waals surface area (Å²) in [6.07, 6.45) is 4.31. The van der Waals surface area contributed by atoms with Crippen LogP contribution in [-0.4, -0.2) is 44.5 Å². The number of aldehydes is 1. The second kappa shape index (κ2) is 7.81. The van der Waals surface area contributed by atoms with E-state index in [1.807, 2.05) is 29.6 Å². The maximum atomic E-state index is 11.5. The second-order valence-corrected chi connectivity index (χ2v) is 7.05. The maximum absolute atomic E-state index is 11.5. The van der Waals surface area contributed by atoms with Gasteiger partial charge in [-0.1, -0.05) is 6.07 Å². The SMILES string of the molecule is COc1cc(OCCC2CCCN2C)c(C=O)cc1-c1cccs1. The average Bonchev–Trinajstić information content (AvgIpc) is 3.26. The molecule has 0 saturated carbocycles. The van der Waals surface area contributed by atoms with Crippen LogP contribution in [0.3, 0.4) is 0 Å². The summed E-state index contributed by atoms with van der Waals surface area (Å²) in [5.74, 6) is 1.33. The molecule has 0 N–H and O–H groups in total. The molecule has 3 rings (SSSR count). The smallest absolute Gasteiger partial charge is 0.153 e. The van der Waals surface area contributed by atoms with Crippen LogP contribution in [0.2, 0.25) is 0 Å². The molecule has 1 saturated heterocycles. The molecule has 24 heavy (non-hydrogen) atoms. The molecule has 128 valence electrons. The van der Waals surface area contributed by atoms with Crippen LogP contribution < -0.4 is 9.47 Å². The van der Waals surface area contributed by atoms with Gasteiger partial charge in [-0.2, -0.15) is 0 Å². The first-order valence-electron chi connectivity index (χ1n) is 8.27. The number of thiophene rings is 1. The van der Waals surface area contributed by atoms with Crippen LogP contribution in [-0.2, 0) is 0 Å². The summed E-state index contributed by atoms with van der Waals surface area (Å²) in [7, 11) is 3.80. The van der Waals surface area contributed by atoms with Crippen molar-refractivity contribution < 1.29 is 14.3 Å². The molecule has 2 aromatic rings. The predicted octanol–water partition coefficient (Wildman–Crippen LogP) is 4.10. The van der Waals surface area contributed by atoms with Crippen LogP contribution in [0.15, 0.2) is 29.6 Å². The molecule has 1 aliphatic heterocycles. The lowest BCUT2D eigenvalue weighted by atomic mass is 10.1. The van der Waals surface area contributed by atoms with Gasteiger partial charge in [0.05, 0.1) is 19.3 Å². The molecule has 4 nitrogen and oxygen atoms in total. The lowest BCUT2D eigenvalue weighted by Crippen LogP contribution is -2.26. The minimum absolute atomic E-state index is 0.568. The summed E-state index contributed by atoms with van der Waals surface area (Å²) in [4.78, 5) is 15.0. The van der Waals surface area contributed by atoms with Gasteiger partial charge in [-0.05, 0) is 50.4 Å². The number of hydrogen-bond donors (Lipinski definition) is 0. The molecule has 0 spiro atoms. The number of nitrogens with zero attached hydrogens (tertiary/aromatic N) is 1. The molecule has 1 unspecified atom stereocenters. The van der Waals surface area contributed by atoms with E-state index in [9.17, 15) is 4.79 Å². The van der Waals surface area contributed by atoms with Gasteiger partial charge in [0, 0.05) is 22.5 Å². The Labute approximate surface area is 147 Å². The fraction of sp³-hybridized carbons (Fsp3) is 0.421. The molecule has 0 aliphatic carbocycles. The van der Waals surface area contributed by atoms with Gasteiger partial charge < -0.3 is 14.4 Å². The van der Waals surface area contributed by atoms with Crippen molar-refractivity contribution in [2.24, 2.45) is 0 Å². The number of methoxy groups -OCH3 is 1. The van der Waals surface area contributed by atoms with Crippen molar-refractivity contribution in [2.75, 3.05) is 27.3 Å². The first kappa shape index (κ1) is 17.0. The average molecular weight is 345 g/mol. The number of likely N-dealkylation sites (tertiary alicyclic amines) is 1. The van der Waals surface area contributed by atoms with Gasteiger partial charge in [-0.3, -0.25) is 4.79 Å². The maximum Gasteiger partial charge on any atom is 0.153 e. The first-order chi connectivity index (χ1) is 11.7.